The summed E-state index contributed by atoms with van der Waals surface area (Å²) in [6.07, 6.45) is 7.47. The minimum absolute atomic E-state index is 0.00800. The fraction of sp³-hybridized carbons (Fsp3) is 0.812. The number of nitrogens with zero attached hydrogens (tertiary/aromatic N) is 3. The van der Waals surface area contributed by atoms with Gasteiger partial charge in [-0.1, -0.05) is 18.0 Å². The van der Waals surface area contributed by atoms with Gasteiger partial charge in [0, 0.05) is 25.3 Å². The first-order valence-corrected chi connectivity index (χ1v) is 11.0. The zero-order chi connectivity index (χ0) is 17.9. The van der Waals surface area contributed by atoms with Crippen molar-refractivity contribution in [3.8, 4) is 0 Å². The zero-order valence-corrected chi connectivity index (χ0v) is 15.4. The number of sulfone groups is 1. The van der Waals surface area contributed by atoms with Gasteiger partial charge in [0.15, 0.2) is 5.82 Å². The lowest BCUT2D eigenvalue weighted by Crippen LogP contribution is -2.46. The molecule has 2 aliphatic rings. The van der Waals surface area contributed by atoms with Crippen LogP contribution < -0.4 is 5.32 Å². The maximum Gasteiger partial charge on any atom is 0.317 e. The Balaban J connectivity index is 1.48. The number of nitrogens with one attached hydrogen (secondary N) is 1. The summed E-state index contributed by atoms with van der Waals surface area (Å²) in [7, 11) is -3.02. The molecule has 2 fully saturated rings. The molecule has 1 saturated heterocycles. The van der Waals surface area contributed by atoms with Crippen molar-refractivity contribution < 1.29 is 17.7 Å². The SMILES string of the molecule is CS(=O)(=O)C[C@H]1CCCN(C(=O)NCc2noc(C3CCCC3)n2)C1. The highest BCUT2D eigenvalue weighted by atomic mass is 32.2. The third kappa shape index (κ3) is 5.17. The molecule has 1 aromatic heterocycles. The Hall–Kier alpha value is -1.64. The fourth-order valence-electron chi connectivity index (χ4n) is 3.76. The van der Waals surface area contributed by atoms with Gasteiger partial charge in [-0.15, -0.1) is 0 Å². The highest BCUT2D eigenvalue weighted by Gasteiger charge is 2.27. The lowest BCUT2D eigenvalue weighted by molar-refractivity contribution is 0.169. The predicted octanol–water partition coefficient (Wildman–Crippen LogP) is 1.69. The molecular weight excluding hydrogens is 344 g/mol. The molecule has 9 heteroatoms. The standard InChI is InChI=1S/C16H26N4O4S/c1-25(22,23)11-12-5-4-8-20(10-12)16(21)17-9-14-18-15(24-19-14)13-6-2-3-7-13/h12-13H,2-11H2,1H3,(H,17,21)/t12-/m0/s1. The lowest BCUT2D eigenvalue weighted by atomic mass is 10.0. The van der Waals surface area contributed by atoms with Crippen molar-refractivity contribution in [3.05, 3.63) is 11.7 Å². The molecule has 1 saturated carbocycles. The number of urea groups is 1. The summed E-state index contributed by atoms with van der Waals surface area (Å²) in [4.78, 5) is 18.4. The molecule has 1 N–H and O–H groups in total. The van der Waals surface area contributed by atoms with Gasteiger partial charge in [-0.3, -0.25) is 0 Å². The van der Waals surface area contributed by atoms with Crippen LogP contribution in [0.25, 0.3) is 0 Å². The van der Waals surface area contributed by atoms with E-state index in [1.165, 1.54) is 19.1 Å². The minimum Gasteiger partial charge on any atom is -0.339 e. The van der Waals surface area contributed by atoms with E-state index in [1.54, 1.807) is 4.90 Å². The van der Waals surface area contributed by atoms with Crippen LogP contribution in [0.2, 0.25) is 0 Å². The number of rotatable bonds is 5. The molecule has 0 spiro atoms. The van der Waals surface area contributed by atoms with Crippen LogP contribution in [-0.4, -0.2) is 54.6 Å². The molecule has 0 bridgehead atoms. The Morgan fingerprint density at radius 1 is 1.28 bits per heavy atom. The smallest absolute Gasteiger partial charge is 0.317 e. The Bertz CT molecular complexity index is 697. The van der Waals surface area contributed by atoms with E-state index >= 15 is 0 Å². The molecule has 25 heavy (non-hydrogen) atoms. The molecule has 1 atom stereocenters. The highest BCUT2D eigenvalue weighted by Crippen LogP contribution is 2.32. The summed E-state index contributed by atoms with van der Waals surface area (Å²) in [6.45, 7) is 1.34. The van der Waals surface area contributed by atoms with Crippen molar-refractivity contribution in [2.75, 3.05) is 25.1 Å². The van der Waals surface area contributed by atoms with Crippen molar-refractivity contribution in [1.82, 2.24) is 20.4 Å². The average Bonchev–Trinajstić information content (AvgIpc) is 3.22. The second-order valence-corrected chi connectivity index (χ2v) is 9.42. The number of amides is 2. The van der Waals surface area contributed by atoms with E-state index in [0.29, 0.717) is 30.7 Å². The van der Waals surface area contributed by atoms with Gasteiger partial charge in [0.25, 0.3) is 0 Å². The molecule has 2 amide bonds. The molecule has 0 radical (unpaired) electrons. The Kier molecular flexibility index (Phi) is 5.61. The molecule has 1 aliphatic carbocycles. The number of carbonyl (C=O) groups excluding carboxylic acids is 1. The van der Waals surface area contributed by atoms with Crippen LogP contribution in [0.4, 0.5) is 4.79 Å². The molecule has 2 heterocycles. The van der Waals surface area contributed by atoms with Crippen LogP contribution in [0.3, 0.4) is 0 Å². The van der Waals surface area contributed by atoms with Gasteiger partial charge in [0.1, 0.15) is 9.84 Å². The van der Waals surface area contributed by atoms with E-state index in [-0.39, 0.29) is 24.2 Å². The van der Waals surface area contributed by atoms with E-state index < -0.39 is 9.84 Å². The number of hydrogen-bond acceptors (Lipinski definition) is 6. The summed E-state index contributed by atoms with van der Waals surface area (Å²) in [5.74, 6) is 1.66. The maximum absolute atomic E-state index is 12.3. The Morgan fingerprint density at radius 2 is 2.04 bits per heavy atom. The summed E-state index contributed by atoms with van der Waals surface area (Å²) in [5, 5.41) is 6.75. The molecule has 8 nitrogen and oxygen atoms in total. The van der Waals surface area contributed by atoms with Crippen molar-refractivity contribution in [2.45, 2.75) is 51.0 Å². The van der Waals surface area contributed by atoms with Crippen molar-refractivity contribution in [3.63, 3.8) is 0 Å². The van der Waals surface area contributed by atoms with Crippen LogP contribution >= 0.6 is 0 Å². The second-order valence-electron chi connectivity index (χ2n) is 7.24. The summed E-state index contributed by atoms with van der Waals surface area (Å²) < 4.78 is 28.2. The molecule has 140 valence electrons. The van der Waals surface area contributed by atoms with E-state index in [2.05, 4.69) is 15.5 Å². The number of aromatic nitrogens is 2. The predicted molar refractivity (Wildman–Crippen MR) is 91.8 cm³/mol. The number of piperidine rings is 1. The van der Waals surface area contributed by atoms with Crippen LogP contribution in [0.15, 0.2) is 4.52 Å². The third-order valence-electron chi connectivity index (χ3n) is 4.93. The number of hydrogen-bond donors (Lipinski definition) is 1. The lowest BCUT2D eigenvalue weighted by Gasteiger charge is -2.32. The molecule has 0 aromatic carbocycles. The van der Waals surface area contributed by atoms with Crippen LogP contribution in [0, 0.1) is 5.92 Å². The number of likely N-dealkylation sites (tertiary alicyclic amines) is 1. The van der Waals surface area contributed by atoms with Gasteiger partial charge in [-0.25, -0.2) is 13.2 Å². The Labute approximate surface area is 148 Å². The topological polar surface area (TPSA) is 105 Å². The molecule has 3 rings (SSSR count). The summed E-state index contributed by atoms with van der Waals surface area (Å²) in [6, 6.07) is -0.203. The van der Waals surface area contributed by atoms with Crippen molar-refractivity contribution >= 4 is 15.9 Å². The van der Waals surface area contributed by atoms with Gasteiger partial charge >= 0.3 is 6.03 Å². The maximum atomic E-state index is 12.3. The third-order valence-corrected chi connectivity index (χ3v) is 6.01. The fourth-order valence-corrected chi connectivity index (χ4v) is 4.89. The second kappa shape index (κ2) is 7.72. The zero-order valence-electron chi connectivity index (χ0n) is 14.6. The van der Waals surface area contributed by atoms with Gasteiger partial charge < -0.3 is 14.7 Å². The van der Waals surface area contributed by atoms with E-state index in [4.69, 9.17) is 4.52 Å². The molecule has 1 aromatic rings. The van der Waals surface area contributed by atoms with Crippen LogP contribution in [0.1, 0.15) is 56.2 Å². The molecule has 1 aliphatic heterocycles. The molecule has 0 unspecified atom stereocenters. The summed E-state index contributed by atoms with van der Waals surface area (Å²) in [5.41, 5.74) is 0. The van der Waals surface area contributed by atoms with Crippen LogP contribution in [-0.2, 0) is 16.4 Å². The summed E-state index contributed by atoms with van der Waals surface area (Å²) >= 11 is 0. The van der Waals surface area contributed by atoms with Gasteiger partial charge in [0.2, 0.25) is 5.89 Å². The van der Waals surface area contributed by atoms with E-state index in [1.807, 2.05) is 0 Å². The molecular formula is C16H26N4O4S. The monoisotopic (exact) mass is 370 g/mol. The first kappa shape index (κ1) is 18.2. The van der Waals surface area contributed by atoms with Gasteiger partial charge in [-0.2, -0.15) is 4.98 Å². The first-order chi connectivity index (χ1) is 11.9. The van der Waals surface area contributed by atoms with Crippen molar-refractivity contribution in [1.29, 1.82) is 0 Å². The van der Waals surface area contributed by atoms with Gasteiger partial charge in [0.05, 0.1) is 12.3 Å². The van der Waals surface area contributed by atoms with Crippen LogP contribution in [0.5, 0.6) is 0 Å². The number of carbonyl (C=O) groups is 1. The highest BCUT2D eigenvalue weighted by molar-refractivity contribution is 7.90. The minimum atomic E-state index is -3.02. The van der Waals surface area contributed by atoms with Crippen molar-refractivity contribution in [2.24, 2.45) is 5.92 Å². The Morgan fingerprint density at radius 3 is 2.76 bits per heavy atom. The van der Waals surface area contributed by atoms with E-state index in [0.717, 1.165) is 25.7 Å². The average molecular weight is 370 g/mol. The largest absolute Gasteiger partial charge is 0.339 e. The quantitative estimate of drug-likeness (QED) is 0.845. The van der Waals surface area contributed by atoms with Gasteiger partial charge in [-0.05, 0) is 31.6 Å². The normalized spacial score (nSPS) is 22.3. The first-order valence-electron chi connectivity index (χ1n) is 8.93. The van der Waals surface area contributed by atoms with E-state index in [9.17, 15) is 13.2 Å².